The molecule has 6 heteroatoms. The van der Waals surface area contributed by atoms with E-state index in [0.717, 1.165) is 5.56 Å². The van der Waals surface area contributed by atoms with Crippen molar-refractivity contribution in [1.82, 2.24) is 4.98 Å². The van der Waals surface area contributed by atoms with Gasteiger partial charge in [0.15, 0.2) is 11.8 Å². The van der Waals surface area contributed by atoms with Crippen LogP contribution in [0.15, 0.2) is 36.5 Å². The molecule has 1 heterocycles. The fraction of sp³-hybridized carbons (Fsp3) is 0.143. The van der Waals surface area contributed by atoms with Gasteiger partial charge in [-0.15, -0.1) is 0 Å². The number of pyridine rings is 1. The number of benzene rings is 1. The topological polar surface area (TPSA) is 77.2 Å². The van der Waals surface area contributed by atoms with Crippen molar-refractivity contribution in [3.05, 3.63) is 47.2 Å². The molecule has 20 heavy (non-hydrogen) atoms. The molecule has 0 aliphatic carbocycles. The third kappa shape index (κ3) is 3.61. The van der Waals surface area contributed by atoms with Gasteiger partial charge in [-0.05, 0) is 30.7 Å². The summed E-state index contributed by atoms with van der Waals surface area (Å²) < 4.78 is 5.34. The fourth-order valence-corrected chi connectivity index (χ4v) is 1.73. The lowest BCUT2D eigenvalue weighted by atomic mass is 10.3. The molecule has 1 amide bonds. The van der Waals surface area contributed by atoms with Crippen LogP contribution in [0.4, 0.5) is 11.4 Å². The maximum Gasteiger partial charge on any atom is 0.262 e. The van der Waals surface area contributed by atoms with Crippen molar-refractivity contribution in [3.8, 4) is 5.75 Å². The van der Waals surface area contributed by atoms with Gasteiger partial charge in [-0.25, -0.2) is 4.98 Å². The average molecular weight is 292 g/mol. The first-order valence-electron chi connectivity index (χ1n) is 5.95. The lowest BCUT2D eigenvalue weighted by Gasteiger charge is -2.10. The highest BCUT2D eigenvalue weighted by molar-refractivity contribution is 6.32. The zero-order chi connectivity index (χ0) is 14.5. The number of amides is 1. The molecule has 2 rings (SSSR count). The van der Waals surface area contributed by atoms with E-state index in [1.807, 2.05) is 6.92 Å². The number of hydrogen-bond donors (Lipinski definition) is 2. The van der Waals surface area contributed by atoms with Gasteiger partial charge in [-0.1, -0.05) is 23.7 Å². The highest BCUT2D eigenvalue weighted by Gasteiger charge is 2.08. The molecule has 104 valence electrons. The van der Waals surface area contributed by atoms with E-state index in [0.29, 0.717) is 17.1 Å². The molecule has 0 aliphatic heterocycles. The largest absolute Gasteiger partial charge is 0.482 e. The number of ether oxygens (including phenoxy) is 1. The van der Waals surface area contributed by atoms with Crippen LogP contribution in [0.25, 0.3) is 0 Å². The summed E-state index contributed by atoms with van der Waals surface area (Å²) in [6, 6.07) is 8.72. The SMILES string of the molecule is Cc1cnc(Cl)c(NC(=O)COc2ccccc2N)c1. The number of anilines is 2. The summed E-state index contributed by atoms with van der Waals surface area (Å²) in [5.74, 6) is 0.138. The van der Waals surface area contributed by atoms with Gasteiger partial charge in [0, 0.05) is 6.20 Å². The Balaban J connectivity index is 1.96. The Morgan fingerprint density at radius 3 is 2.95 bits per heavy atom. The Labute approximate surface area is 121 Å². The van der Waals surface area contributed by atoms with Gasteiger partial charge in [0.05, 0.1) is 11.4 Å². The van der Waals surface area contributed by atoms with Crippen LogP contribution in [0, 0.1) is 6.92 Å². The van der Waals surface area contributed by atoms with Crippen LogP contribution in [0.3, 0.4) is 0 Å². The van der Waals surface area contributed by atoms with Crippen molar-refractivity contribution in [1.29, 1.82) is 0 Å². The second-order valence-electron chi connectivity index (χ2n) is 4.23. The van der Waals surface area contributed by atoms with Crippen LogP contribution < -0.4 is 15.8 Å². The maximum atomic E-state index is 11.8. The zero-order valence-corrected chi connectivity index (χ0v) is 11.6. The smallest absolute Gasteiger partial charge is 0.262 e. The van der Waals surface area contributed by atoms with E-state index < -0.39 is 0 Å². The van der Waals surface area contributed by atoms with Crippen LogP contribution in [-0.2, 0) is 4.79 Å². The predicted molar refractivity (Wildman–Crippen MR) is 79.0 cm³/mol. The Hall–Kier alpha value is -2.27. The monoisotopic (exact) mass is 291 g/mol. The van der Waals surface area contributed by atoms with Crippen LogP contribution in [-0.4, -0.2) is 17.5 Å². The van der Waals surface area contributed by atoms with Crippen LogP contribution in [0.5, 0.6) is 5.75 Å². The predicted octanol–water partition coefficient (Wildman–Crippen LogP) is 2.64. The molecule has 2 aromatic rings. The average Bonchev–Trinajstić information content (AvgIpc) is 2.42. The standard InChI is InChI=1S/C14H14ClN3O2/c1-9-6-11(14(15)17-7-9)18-13(19)8-20-12-5-3-2-4-10(12)16/h2-7H,8,16H2,1H3,(H,18,19). The molecule has 0 bridgehead atoms. The number of carbonyl (C=O) groups is 1. The molecule has 1 aromatic heterocycles. The maximum absolute atomic E-state index is 11.8. The highest BCUT2D eigenvalue weighted by Crippen LogP contribution is 2.21. The Bertz CT molecular complexity index is 632. The number of hydrogen-bond acceptors (Lipinski definition) is 4. The molecule has 0 saturated carbocycles. The number of nitrogens with two attached hydrogens (primary N) is 1. The summed E-state index contributed by atoms with van der Waals surface area (Å²) in [5, 5.41) is 2.88. The number of aromatic nitrogens is 1. The van der Waals surface area contributed by atoms with Crippen LogP contribution in [0.2, 0.25) is 5.15 Å². The van der Waals surface area contributed by atoms with Crippen LogP contribution in [0.1, 0.15) is 5.56 Å². The lowest BCUT2D eigenvalue weighted by molar-refractivity contribution is -0.118. The van der Waals surface area contributed by atoms with E-state index in [2.05, 4.69) is 10.3 Å². The number of para-hydroxylation sites is 2. The molecule has 1 aromatic carbocycles. The van der Waals surface area contributed by atoms with Gasteiger partial charge < -0.3 is 15.8 Å². The molecule has 5 nitrogen and oxygen atoms in total. The Morgan fingerprint density at radius 2 is 2.20 bits per heavy atom. The van der Waals surface area contributed by atoms with Gasteiger partial charge in [0.25, 0.3) is 5.91 Å². The summed E-state index contributed by atoms with van der Waals surface area (Å²) >= 11 is 5.90. The van der Waals surface area contributed by atoms with Gasteiger partial charge in [0.2, 0.25) is 0 Å². The molecule has 0 unspecified atom stereocenters. The summed E-state index contributed by atoms with van der Waals surface area (Å²) in [5.41, 5.74) is 7.56. The van der Waals surface area contributed by atoms with E-state index in [1.54, 1.807) is 36.5 Å². The number of aryl methyl sites for hydroxylation is 1. The molecule has 0 fully saturated rings. The van der Waals surface area contributed by atoms with Crippen molar-refractivity contribution in [3.63, 3.8) is 0 Å². The molecule has 0 atom stereocenters. The van der Waals surface area contributed by atoms with Crippen molar-refractivity contribution >= 4 is 28.9 Å². The summed E-state index contributed by atoms with van der Waals surface area (Å²) in [6.07, 6.45) is 1.62. The number of nitrogens with one attached hydrogen (secondary N) is 1. The normalized spacial score (nSPS) is 10.1. The van der Waals surface area contributed by atoms with Gasteiger partial charge in [0.1, 0.15) is 5.75 Å². The fourth-order valence-electron chi connectivity index (χ4n) is 1.58. The van der Waals surface area contributed by atoms with Crippen molar-refractivity contribution in [2.24, 2.45) is 0 Å². The van der Waals surface area contributed by atoms with Crippen LogP contribution >= 0.6 is 11.6 Å². The van der Waals surface area contributed by atoms with E-state index in [9.17, 15) is 4.79 Å². The molecule has 0 saturated heterocycles. The Morgan fingerprint density at radius 1 is 1.45 bits per heavy atom. The van der Waals surface area contributed by atoms with E-state index in [1.165, 1.54) is 0 Å². The first kappa shape index (κ1) is 14.1. The number of halogens is 1. The summed E-state index contributed by atoms with van der Waals surface area (Å²) in [6.45, 7) is 1.71. The summed E-state index contributed by atoms with van der Waals surface area (Å²) in [7, 11) is 0. The molecule has 0 spiro atoms. The molecule has 0 radical (unpaired) electrons. The minimum atomic E-state index is -0.331. The van der Waals surface area contributed by atoms with E-state index in [-0.39, 0.29) is 17.7 Å². The molecule has 0 aliphatic rings. The molecular weight excluding hydrogens is 278 g/mol. The second kappa shape index (κ2) is 6.25. The highest BCUT2D eigenvalue weighted by atomic mass is 35.5. The summed E-state index contributed by atoms with van der Waals surface area (Å²) in [4.78, 5) is 15.8. The van der Waals surface area contributed by atoms with Crippen molar-refractivity contribution in [2.45, 2.75) is 6.92 Å². The van der Waals surface area contributed by atoms with Gasteiger partial charge >= 0.3 is 0 Å². The zero-order valence-electron chi connectivity index (χ0n) is 10.9. The number of nitrogens with zero attached hydrogens (tertiary/aromatic N) is 1. The quantitative estimate of drug-likeness (QED) is 0.670. The van der Waals surface area contributed by atoms with Gasteiger partial charge in [-0.2, -0.15) is 0 Å². The van der Waals surface area contributed by atoms with E-state index in [4.69, 9.17) is 22.1 Å². The Kier molecular flexibility index (Phi) is 4.42. The first-order chi connectivity index (χ1) is 9.56. The van der Waals surface area contributed by atoms with E-state index >= 15 is 0 Å². The third-order valence-electron chi connectivity index (χ3n) is 2.53. The molecular formula is C14H14ClN3O2. The lowest BCUT2D eigenvalue weighted by Crippen LogP contribution is -2.20. The number of nitrogen functional groups attached to an aromatic ring is 1. The number of rotatable bonds is 4. The second-order valence-corrected chi connectivity index (χ2v) is 4.58. The van der Waals surface area contributed by atoms with Crippen molar-refractivity contribution in [2.75, 3.05) is 17.7 Å². The first-order valence-corrected chi connectivity index (χ1v) is 6.33. The molecule has 3 N–H and O–H groups in total. The minimum absolute atomic E-state index is 0.154. The number of carbonyl (C=O) groups excluding carboxylic acids is 1. The third-order valence-corrected chi connectivity index (χ3v) is 2.83. The van der Waals surface area contributed by atoms with Crippen molar-refractivity contribution < 1.29 is 9.53 Å². The van der Waals surface area contributed by atoms with Gasteiger partial charge in [-0.3, -0.25) is 4.79 Å². The minimum Gasteiger partial charge on any atom is -0.482 e.